The molecule has 1 saturated carbocycles. The van der Waals surface area contributed by atoms with E-state index in [9.17, 15) is 9.18 Å². The highest BCUT2D eigenvalue weighted by atomic mass is 32.1. The fraction of sp³-hybridized carbons (Fsp3) is 0.600. The van der Waals surface area contributed by atoms with Crippen LogP contribution in [0.1, 0.15) is 25.7 Å². The zero-order valence-corrected chi connectivity index (χ0v) is 17.3. The summed E-state index contributed by atoms with van der Waals surface area (Å²) in [6.07, 6.45) is 3.87. The lowest BCUT2D eigenvalue weighted by molar-refractivity contribution is -0.00472. The van der Waals surface area contributed by atoms with Gasteiger partial charge >= 0.3 is 6.03 Å². The van der Waals surface area contributed by atoms with Crippen molar-refractivity contribution < 1.29 is 23.4 Å². The van der Waals surface area contributed by atoms with Crippen LogP contribution in [0, 0.1) is 5.82 Å². The van der Waals surface area contributed by atoms with Gasteiger partial charge in [-0.2, -0.15) is 0 Å². The number of nitrogens with zero attached hydrogens (tertiary/aromatic N) is 2. The number of benzene rings is 1. The number of likely N-dealkylation sites (tertiary alicyclic amines) is 1. The predicted octanol–water partition coefficient (Wildman–Crippen LogP) is 3.18. The summed E-state index contributed by atoms with van der Waals surface area (Å²) in [5.41, 5.74) is 2.27. The average molecular weight is 424 g/mol. The molecule has 1 N–H and O–H groups in total. The van der Waals surface area contributed by atoms with Crippen LogP contribution in [-0.4, -0.2) is 67.6 Å². The van der Waals surface area contributed by atoms with Crippen LogP contribution in [0.2, 0.25) is 0 Å². The van der Waals surface area contributed by atoms with Crippen LogP contribution in [0.5, 0.6) is 5.75 Å². The fourth-order valence-corrected chi connectivity index (χ4v) is 4.52. The number of thiazole rings is 1. The Hall–Kier alpha value is -1.97. The molecule has 1 aliphatic heterocycles. The molecular formula is C20H26FN3O4S. The molecule has 1 aromatic carbocycles. The Labute approximate surface area is 173 Å². The Kier molecular flexibility index (Phi) is 6.46. The third-order valence-electron chi connectivity index (χ3n) is 5.43. The molecule has 2 heterocycles. The highest BCUT2D eigenvalue weighted by Gasteiger charge is 2.34. The van der Waals surface area contributed by atoms with E-state index in [4.69, 9.17) is 14.2 Å². The summed E-state index contributed by atoms with van der Waals surface area (Å²) in [5.74, 6) is 0.133. The molecule has 158 valence electrons. The second-order valence-electron chi connectivity index (χ2n) is 7.54. The number of urea groups is 1. The molecule has 0 bridgehead atoms. The molecule has 7 nitrogen and oxygen atoms in total. The number of carbonyl (C=O) groups is 1. The number of nitrogens with one attached hydrogen (secondary N) is 1. The van der Waals surface area contributed by atoms with Gasteiger partial charge < -0.3 is 24.4 Å². The van der Waals surface area contributed by atoms with Gasteiger partial charge in [0.25, 0.3) is 0 Å². The first-order valence-electron chi connectivity index (χ1n) is 9.97. The zero-order chi connectivity index (χ0) is 20.2. The summed E-state index contributed by atoms with van der Waals surface area (Å²) in [5, 5.41) is 3.11. The van der Waals surface area contributed by atoms with E-state index in [0.717, 1.165) is 30.4 Å². The molecule has 1 aromatic heterocycles. The van der Waals surface area contributed by atoms with Gasteiger partial charge in [0.05, 0.1) is 48.1 Å². The smallest absolute Gasteiger partial charge is 0.317 e. The maximum atomic E-state index is 13.7. The Bertz CT molecular complexity index is 834. The highest BCUT2D eigenvalue weighted by molar-refractivity contribution is 7.17. The lowest BCUT2D eigenvalue weighted by Gasteiger charge is -2.40. The summed E-state index contributed by atoms with van der Waals surface area (Å²) < 4.78 is 31.2. The molecule has 2 aromatic rings. The standard InChI is InChI=1S/C20H26FN3O4S/c1-26-6-7-27-15-4-2-14(3-5-15)23-20(25)24-10-16(11-24)28-18-9-13(21)8-17-19(18)29-12-22-17/h8-9,12,14-16H,2-7,10-11H2,1H3,(H,23,25). The van der Waals surface area contributed by atoms with Gasteiger partial charge in [-0.1, -0.05) is 0 Å². The van der Waals surface area contributed by atoms with Gasteiger partial charge in [-0.3, -0.25) is 0 Å². The monoisotopic (exact) mass is 423 g/mol. The maximum Gasteiger partial charge on any atom is 0.317 e. The van der Waals surface area contributed by atoms with E-state index in [2.05, 4.69) is 10.3 Å². The first-order chi connectivity index (χ1) is 14.1. The number of hydrogen-bond acceptors (Lipinski definition) is 6. The molecule has 0 unspecified atom stereocenters. The maximum absolute atomic E-state index is 13.7. The Morgan fingerprint density at radius 3 is 2.79 bits per heavy atom. The number of carbonyl (C=O) groups excluding carboxylic acids is 1. The molecule has 0 radical (unpaired) electrons. The molecular weight excluding hydrogens is 397 g/mol. The van der Waals surface area contributed by atoms with Gasteiger partial charge in [-0.15, -0.1) is 11.3 Å². The van der Waals surface area contributed by atoms with Crippen molar-refractivity contribution in [1.82, 2.24) is 15.2 Å². The Morgan fingerprint density at radius 1 is 1.24 bits per heavy atom. The topological polar surface area (TPSA) is 72.9 Å². The molecule has 0 spiro atoms. The number of aromatic nitrogens is 1. The molecule has 1 saturated heterocycles. The van der Waals surface area contributed by atoms with Crippen LogP contribution < -0.4 is 10.1 Å². The van der Waals surface area contributed by atoms with Gasteiger partial charge in [-0.25, -0.2) is 14.2 Å². The summed E-state index contributed by atoms with van der Waals surface area (Å²) in [4.78, 5) is 18.3. The van der Waals surface area contributed by atoms with Crippen LogP contribution in [0.25, 0.3) is 10.2 Å². The van der Waals surface area contributed by atoms with Gasteiger partial charge in [0.1, 0.15) is 17.7 Å². The third kappa shape index (κ3) is 4.96. The number of halogens is 1. The van der Waals surface area contributed by atoms with Crippen molar-refractivity contribution in [3.63, 3.8) is 0 Å². The molecule has 2 aliphatic rings. The van der Waals surface area contributed by atoms with Gasteiger partial charge in [-0.05, 0) is 25.7 Å². The van der Waals surface area contributed by atoms with Crippen molar-refractivity contribution in [2.24, 2.45) is 0 Å². The SMILES string of the molecule is COCCOC1CCC(NC(=O)N2CC(Oc3cc(F)cc4ncsc34)C2)CC1. The number of hydrogen-bond donors (Lipinski definition) is 1. The van der Waals surface area contributed by atoms with Crippen molar-refractivity contribution in [2.45, 2.75) is 43.9 Å². The average Bonchev–Trinajstić information content (AvgIpc) is 3.14. The van der Waals surface area contributed by atoms with E-state index in [1.807, 2.05) is 0 Å². The van der Waals surface area contributed by atoms with Gasteiger partial charge in [0.2, 0.25) is 0 Å². The molecule has 4 rings (SSSR count). The second-order valence-corrected chi connectivity index (χ2v) is 8.39. The quantitative estimate of drug-likeness (QED) is 0.693. The van der Waals surface area contributed by atoms with Gasteiger partial charge in [0, 0.05) is 25.3 Å². The van der Waals surface area contributed by atoms with Crippen LogP contribution >= 0.6 is 11.3 Å². The van der Waals surface area contributed by atoms with Crippen LogP contribution in [0.3, 0.4) is 0 Å². The normalized spacial score (nSPS) is 22.5. The van der Waals surface area contributed by atoms with E-state index in [0.29, 0.717) is 37.6 Å². The van der Waals surface area contributed by atoms with Crippen LogP contribution in [0.15, 0.2) is 17.6 Å². The lowest BCUT2D eigenvalue weighted by atomic mass is 9.93. The Balaban J connectivity index is 1.19. The van der Waals surface area contributed by atoms with E-state index >= 15 is 0 Å². The number of ether oxygens (including phenoxy) is 3. The summed E-state index contributed by atoms with van der Waals surface area (Å²) in [6.45, 7) is 2.22. The highest BCUT2D eigenvalue weighted by Crippen LogP contribution is 2.32. The minimum atomic E-state index is -0.367. The van der Waals surface area contributed by atoms with E-state index in [-0.39, 0.29) is 30.1 Å². The van der Waals surface area contributed by atoms with Crippen molar-refractivity contribution in [2.75, 3.05) is 33.4 Å². The minimum Gasteiger partial charge on any atom is -0.485 e. The summed E-state index contributed by atoms with van der Waals surface area (Å²) >= 11 is 1.42. The minimum absolute atomic E-state index is 0.0595. The van der Waals surface area contributed by atoms with Crippen LogP contribution in [0.4, 0.5) is 9.18 Å². The van der Waals surface area contributed by atoms with Crippen LogP contribution in [-0.2, 0) is 9.47 Å². The van der Waals surface area contributed by atoms with E-state index in [1.165, 1.54) is 23.5 Å². The van der Waals surface area contributed by atoms with Crippen molar-refractivity contribution >= 4 is 27.6 Å². The Morgan fingerprint density at radius 2 is 2.03 bits per heavy atom. The summed E-state index contributed by atoms with van der Waals surface area (Å²) in [7, 11) is 1.67. The fourth-order valence-electron chi connectivity index (χ4n) is 3.79. The largest absolute Gasteiger partial charge is 0.485 e. The molecule has 2 amide bonds. The van der Waals surface area contributed by atoms with Crippen molar-refractivity contribution in [1.29, 1.82) is 0 Å². The van der Waals surface area contributed by atoms with E-state index < -0.39 is 0 Å². The second kappa shape index (κ2) is 9.23. The molecule has 1 aliphatic carbocycles. The number of amides is 2. The first kappa shape index (κ1) is 20.3. The summed E-state index contributed by atoms with van der Waals surface area (Å²) in [6, 6.07) is 2.91. The third-order valence-corrected chi connectivity index (χ3v) is 6.29. The number of fused-ring (bicyclic) bond motifs is 1. The first-order valence-corrected chi connectivity index (χ1v) is 10.9. The predicted molar refractivity (Wildman–Crippen MR) is 108 cm³/mol. The molecule has 9 heteroatoms. The molecule has 0 atom stereocenters. The molecule has 2 fully saturated rings. The molecule has 29 heavy (non-hydrogen) atoms. The van der Waals surface area contributed by atoms with Crippen molar-refractivity contribution in [3.05, 3.63) is 23.5 Å². The van der Waals surface area contributed by atoms with Gasteiger partial charge in [0.15, 0.2) is 0 Å². The number of rotatable bonds is 7. The lowest BCUT2D eigenvalue weighted by Crippen LogP contribution is -2.60. The van der Waals surface area contributed by atoms with E-state index in [1.54, 1.807) is 17.5 Å². The zero-order valence-electron chi connectivity index (χ0n) is 16.4. The van der Waals surface area contributed by atoms with Crippen molar-refractivity contribution in [3.8, 4) is 5.75 Å². The number of methoxy groups -OCH3 is 1.